The molecule has 27 nitrogen and oxygen atoms in total. The number of halogens is 6. The molecule has 34 heteroatoms. The van der Waals surface area contributed by atoms with Crippen LogP contribution in [-0.4, -0.2) is 130 Å². The number of aliphatic hydroxyl groups is 1. The van der Waals surface area contributed by atoms with Gasteiger partial charge in [-0.2, -0.15) is 5.26 Å². The summed E-state index contributed by atoms with van der Waals surface area (Å²) in [6, 6.07) is 54.3. The topological polar surface area (TPSA) is 395 Å². The van der Waals surface area contributed by atoms with Crippen molar-refractivity contribution in [3.63, 3.8) is 0 Å². The Kier molecular flexibility index (Phi) is 48.2. The van der Waals surface area contributed by atoms with Crippen molar-refractivity contribution in [3.8, 4) is 29.1 Å². The molecule has 0 saturated heterocycles. The van der Waals surface area contributed by atoms with Crippen molar-refractivity contribution in [2.45, 2.75) is 140 Å². The zero-order valence-corrected chi connectivity index (χ0v) is 79.1. The molecule has 8 aromatic carbocycles. The Morgan fingerprint density at radius 1 is 0.355 bits per heavy atom. The smallest absolute Gasteiger partial charge is 0.349 e. The third-order valence-corrected chi connectivity index (χ3v) is 20.4. The minimum absolute atomic E-state index is 0. The number of alkyl halides is 2. The van der Waals surface area contributed by atoms with Gasteiger partial charge in [-0.1, -0.05) is 134 Å². The summed E-state index contributed by atoms with van der Waals surface area (Å²) in [5.41, 5.74) is -2.16. The number of aliphatic hydroxyl groups excluding tert-OH is 1. The number of ether oxygens (including phenoxy) is 7. The molecule has 8 rings (SSSR count). The number of aliphatic carboxylic acids is 1. The molecular weight excluding hydrogens is 1910 g/mol. The van der Waals surface area contributed by atoms with Crippen LogP contribution in [0.2, 0.25) is 20.1 Å². The molecule has 0 aliphatic carbocycles. The number of carboxylic acids is 1. The van der Waals surface area contributed by atoms with Crippen molar-refractivity contribution in [1.82, 2.24) is 0 Å². The number of carbonyl (C=O) groups excluding carboxylic acids is 7. The fourth-order valence-corrected chi connectivity index (χ4v) is 9.83. The van der Waals surface area contributed by atoms with Gasteiger partial charge in [0.2, 0.25) is 0 Å². The van der Waals surface area contributed by atoms with Crippen molar-refractivity contribution in [2.24, 2.45) is 37.7 Å². The van der Waals surface area contributed by atoms with E-state index in [1.165, 1.54) is 20.8 Å². The van der Waals surface area contributed by atoms with Gasteiger partial charge in [0.25, 0.3) is 0 Å². The Labute approximate surface area is 774 Å². The van der Waals surface area contributed by atoms with E-state index in [0.29, 0.717) is 94.2 Å². The number of nitrogens with zero attached hydrogens (tertiary/aromatic N) is 4. The van der Waals surface area contributed by atoms with E-state index in [9.17, 15) is 48.2 Å². The third kappa shape index (κ3) is 41.2. The summed E-state index contributed by atoms with van der Waals surface area (Å²) < 4.78 is 38.8. The van der Waals surface area contributed by atoms with Gasteiger partial charge >= 0.3 is 23.9 Å². The van der Waals surface area contributed by atoms with E-state index in [2.05, 4.69) is 52.2 Å². The molecule has 0 aliphatic rings. The van der Waals surface area contributed by atoms with Gasteiger partial charge in [-0.05, 0) is 255 Å². The summed E-state index contributed by atoms with van der Waals surface area (Å²) in [7, 11) is 0. The van der Waals surface area contributed by atoms with Crippen LogP contribution in [0.4, 0.5) is 0 Å². The summed E-state index contributed by atoms with van der Waals surface area (Å²) in [5, 5.41) is 42.4. The van der Waals surface area contributed by atoms with Crippen molar-refractivity contribution >= 4 is 125 Å². The second-order valence-corrected chi connectivity index (χ2v) is 34.9. The van der Waals surface area contributed by atoms with Crippen molar-refractivity contribution in [3.05, 3.63) is 279 Å². The molecule has 0 heterocycles. The maximum Gasteiger partial charge on any atom is 0.349 e. The van der Waals surface area contributed by atoms with Gasteiger partial charge in [0.15, 0.2) is 56.2 Å². The number of esters is 3. The Balaban J connectivity index is 0.000000788. The number of nitriles is 1. The summed E-state index contributed by atoms with van der Waals surface area (Å²) in [5.74, 6) is -1.50. The molecule has 0 fully saturated rings. The second-order valence-electron chi connectivity index (χ2n) is 32.0. The number of rotatable bonds is 35. The maximum absolute atomic E-state index is 12.5. The molecule has 2 N–H and O–H groups in total. The maximum atomic E-state index is 12.5. The summed E-state index contributed by atoms with van der Waals surface area (Å²) >= 11 is 30.0. The molecule has 0 spiro atoms. The monoisotopic (exact) mass is 2010 g/mol. The standard InChI is InChI=1S/C22H24BrClO4.2C22H24ClNO6.C17H15ClO4.C5H11BrO.C2H3N.Ag.HNO2/c1-21(2,13-23)14-27-20(26)22(3,4)28-18-11-7-16(8-12-18)19(25)15-5-9-17(24)10-6-15;2*1-21(2,14-29-24-27)13-28-20(26)22(3,4)30-18-11-7-16(8-12-18)19(25)15-5-9-17(23)10-6-15;1-17(2,16(20)21)22-14-9-5-12(6-10-14)15(19)11-3-7-13(18)8-4-11;1-5(2,3-6)4-7;1-2-3;;2-1-3/h5-12H,13-14H2,1-4H3;2*5-12H,13-14H2,1-4H3;3-10H,1-2H3,(H,20,21);7H,3-4H2,1-2H3;1H3;;(H,2,3)/p-1. The van der Waals surface area contributed by atoms with E-state index in [1.54, 1.807) is 269 Å². The predicted molar refractivity (Wildman–Crippen MR) is 478 cm³/mol. The zero-order chi connectivity index (χ0) is 93.3. The zero-order valence-electron chi connectivity index (χ0n) is 71.5. The molecule has 8 aromatic rings. The van der Waals surface area contributed by atoms with E-state index in [-0.39, 0.29) is 89.4 Å². The number of carboxylic acid groups (broad SMARTS) is 1. The average molecular weight is 2020 g/mol. The van der Waals surface area contributed by atoms with E-state index in [0.717, 1.165) is 16.0 Å². The largest absolute Gasteiger partial charge is 0.478 e. The summed E-state index contributed by atoms with van der Waals surface area (Å²) in [6.07, 6.45) is 0. The normalized spacial score (nSPS) is 11.0. The van der Waals surface area contributed by atoms with Crippen molar-refractivity contribution in [2.75, 3.05) is 50.3 Å². The Hall–Kier alpha value is -9.97. The molecule has 0 amide bonds. The van der Waals surface area contributed by atoms with Crippen LogP contribution in [0.15, 0.2) is 210 Å². The first kappa shape index (κ1) is 112. The first-order valence-electron chi connectivity index (χ1n) is 37.4. The van der Waals surface area contributed by atoms with Crippen molar-refractivity contribution < 1.29 is 114 Å². The molecule has 124 heavy (non-hydrogen) atoms. The molecule has 673 valence electrons. The van der Waals surface area contributed by atoms with Crippen LogP contribution in [-0.2, 0) is 65.4 Å². The van der Waals surface area contributed by atoms with Crippen molar-refractivity contribution in [1.29, 1.82) is 5.26 Å². The predicted octanol–water partition coefficient (Wildman–Crippen LogP) is 21.7. The molecule has 0 aliphatic heterocycles. The Bertz CT molecular complexity index is 4630. The Morgan fingerprint density at radius 3 is 0.694 bits per heavy atom. The van der Waals surface area contributed by atoms with E-state index >= 15 is 0 Å². The SMILES string of the molecule is CC#N.CC(C)(CBr)COC(=O)C(C)(C)Oc1ccc(C(=O)c2ccc(Cl)cc2)cc1.CC(C)(CO)CBr.CC(C)(CON=O)COC(=O)C(C)(C)Oc1ccc(C(=O)c2ccc(Cl)cc2)cc1.CC(C)(CON=O)COC(=O)C(C)(C)Oc1ccc(C(=O)c2ccc(Cl)cc2)cc1.CC(C)(Oc1ccc(C(=O)c2ccc(Cl)cc2)cc1)C(=O)O.O=N[O-].[Ag]. The molecular formula is C90H101AgBr2Cl4N4O23-. The number of hydrogen-bond acceptors (Lipinski definition) is 26. The third-order valence-electron chi connectivity index (χ3n) is 16.3. The van der Waals surface area contributed by atoms with Crippen LogP contribution in [0, 0.1) is 52.9 Å². The number of ketones is 4. The first-order valence-corrected chi connectivity index (χ1v) is 41.1. The van der Waals surface area contributed by atoms with Gasteiger partial charge in [0, 0.05) is 127 Å². The minimum atomic E-state index is -1.33. The van der Waals surface area contributed by atoms with Crippen LogP contribution in [0.25, 0.3) is 0 Å². The van der Waals surface area contributed by atoms with Crippen LogP contribution in [0.3, 0.4) is 0 Å². The molecule has 1 radical (unpaired) electrons. The number of hydrogen-bond donors (Lipinski definition) is 2. The summed E-state index contributed by atoms with van der Waals surface area (Å²) in [4.78, 5) is 135. The number of benzene rings is 8. The average Bonchev–Trinajstić information content (AvgIpc) is 0.847. The quantitative estimate of drug-likeness (QED) is 0.00708. The minimum Gasteiger partial charge on any atom is -0.478 e. The fourth-order valence-electron chi connectivity index (χ4n) is 8.99. The van der Waals surface area contributed by atoms with Gasteiger partial charge in [0.1, 0.15) is 36.2 Å². The van der Waals surface area contributed by atoms with Crippen LogP contribution < -0.4 is 18.9 Å². The van der Waals surface area contributed by atoms with E-state index < -0.39 is 57.1 Å². The molecule has 0 unspecified atom stereocenters. The molecule has 0 atom stereocenters. The molecule has 0 aromatic heterocycles. The van der Waals surface area contributed by atoms with Crippen LogP contribution >= 0.6 is 78.3 Å². The van der Waals surface area contributed by atoms with Crippen LogP contribution in [0.5, 0.6) is 23.0 Å². The first-order chi connectivity index (χ1) is 57.4. The summed E-state index contributed by atoms with van der Waals surface area (Å²) in [6.45, 7) is 29.7. The number of carbonyl (C=O) groups is 8. The van der Waals surface area contributed by atoms with Gasteiger partial charge in [0.05, 0.1) is 25.9 Å². The Morgan fingerprint density at radius 2 is 0.532 bits per heavy atom. The van der Waals surface area contributed by atoms with Crippen LogP contribution in [0.1, 0.15) is 181 Å². The van der Waals surface area contributed by atoms with Gasteiger partial charge in [-0.25, -0.2) is 19.2 Å². The van der Waals surface area contributed by atoms with E-state index in [4.69, 9.17) is 105 Å². The fraction of sp³-hybridized carbons (Fsp3) is 0.367. The van der Waals surface area contributed by atoms with Gasteiger partial charge in [-0.3, -0.25) is 19.2 Å². The molecule has 0 bridgehead atoms. The second kappa shape index (κ2) is 53.4. The molecule has 0 saturated carbocycles. The van der Waals surface area contributed by atoms with Gasteiger partial charge < -0.3 is 63.2 Å². The van der Waals surface area contributed by atoms with E-state index in [1.807, 2.05) is 27.7 Å². The van der Waals surface area contributed by atoms with Gasteiger partial charge in [-0.15, -0.1) is 15.2 Å².